The largest absolute Gasteiger partial charge is 0.487 e. The molecule has 0 spiro atoms. The molecule has 0 saturated heterocycles. The fourth-order valence-electron chi connectivity index (χ4n) is 4.73. The van der Waals surface area contributed by atoms with Gasteiger partial charge in [-0.1, -0.05) is 32.0 Å². The van der Waals surface area contributed by atoms with Crippen molar-refractivity contribution in [3.8, 4) is 5.75 Å². The first-order chi connectivity index (χ1) is 16.1. The van der Waals surface area contributed by atoms with Crippen molar-refractivity contribution in [2.24, 2.45) is 10.7 Å². The first-order valence-electron chi connectivity index (χ1n) is 11.8. The van der Waals surface area contributed by atoms with Crippen molar-refractivity contribution in [1.29, 1.82) is 0 Å². The van der Waals surface area contributed by atoms with E-state index in [1.807, 2.05) is 52.0 Å². The molecule has 4 rings (SSSR count). The predicted octanol–water partition coefficient (Wildman–Crippen LogP) is 3.72. The Bertz CT molecular complexity index is 1120. The number of benzene rings is 1. The predicted molar refractivity (Wildman–Crippen MR) is 130 cm³/mol. The van der Waals surface area contributed by atoms with E-state index in [-0.39, 0.29) is 30.4 Å². The van der Waals surface area contributed by atoms with E-state index in [1.54, 1.807) is 12.3 Å². The molecule has 1 aromatic heterocycles. The number of amides is 2. The maximum Gasteiger partial charge on any atom is 0.253 e. The summed E-state index contributed by atoms with van der Waals surface area (Å²) in [6.07, 6.45) is 5.66. The molecule has 0 saturated carbocycles. The molecule has 2 aliphatic heterocycles. The Kier molecular flexibility index (Phi) is 6.34. The second-order valence-electron chi connectivity index (χ2n) is 9.77. The van der Waals surface area contributed by atoms with Gasteiger partial charge in [0.2, 0.25) is 5.91 Å². The van der Waals surface area contributed by atoms with Crippen molar-refractivity contribution in [2.45, 2.75) is 77.1 Å². The first-order valence-corrected chi connectivity index (χ1v) is 11.8. The van der Waals surface area contributed by atoms with Gasteiger partial charge in [0.1, 0.15) is 11.4 Å². The summed E-state index contributed by atoms with van der Waals surface area (Å²) >= 11 is 0. The van der Waals surface area contributed by atoms with Crippen molar-refractivity contribution < 1.29 is 14.3 Å². The van der Waals surface area contributed by atoms with Gasteiger partial charge in [0.15, 0.2) is 5.96 Å². The van der Waals surface area contributed by atoms with Gasteiger partial charge in [0, 0.05) is 24.4 Å². The third-order valence-corrected chi connectivity index (χ3v) is 6.81. The number of guanidine groups is 1. The summed E-state index contributed by atoms with van der Waals surface area (Å²) in [4.78, 5) is 36.4. The summed E-state index contributed by atoms with van der Waals surface area (Å²) in [6.45, 7) is 8.29. The minimum Gasteiger partial charge on any atom is -0.487 e. The number of nitrogens with one attached hydrogen (secondary N) is 1. The number of nitrogens with two attached hydrogens (primary N) is 1. The number of aromatic nitrogens is 1. The molecule has 2 aromatic rings. The molecule has 34 heavy (non-hydrogen) atoms. The van der Waals surface area contributed by atoms with Crippen LogP contribution in [0.4, 0.5) is 0 Å². The number of carbonyl (C=O) groups is 2. The van der Waals surface area contributed by atoms with Gasteiger partial charge in [0.25, 0.3) is 5.91 Å². The van der Waals surface area contributed by atoms with Gasteiger partial charge in [-0.05, 0) is 44.4 Å². The summed E-state index contributed by atoms with van der Waals surface area (Å²) in [6, 6.07) is 9.33. The van der Waals surface area contributed by atoms with E-state index in [4.69, 9.17) is 10.5 Å². The molecule has 180 valence electrons. The van der Waals surface area contributed by atoms with Crippen LogP contribution in [0.2, 0.25) is 0 Å². The smallest absolute Gasteiger partial charge is 0.253 e. The monoisotopic (exact) mass is 463 g/mol. The number of rotatable bonds is 6. The zero-order valence-electron chi connectivity index (χ0n) is 20.3. The van der Waals surface area contributed by atoms with E-state index in [0.717, 1.165) is 24.2 Å². The van der Waals surface area contributed by atoms with Gasteiger partial charge in [-0.2, -0.15) is 0 Å². The highest BCUT2D eigenvalue weighted by molar-refractivity contribution is 5.99. The Hall–Kier alpha value is -3.42. The topological polar surface area (TPSA) is 110 Å². The maximum atomic E-state index is 13.1. The summed E-state index contributed by atoms with van der Waals surface area (Å²) in [5, 5.41) is 3.13. The van der Waals surface area contributed by atoms with E-state index < -0.39 is 11.1 Å². The van der Waals surface area contributed by atoms with E-state index >= 15 is 0 Å². The van der Waals surface area contributed by atoms with Crippen LogP contribution in [-0.2, 0) is 11.3 Å². The van der Waals surface area contributed by atoms with E-state index in [1.165, 1.54) is 11.1 Å². The number of carbonyl (C=O) groups excluding carboxylic acids is 2. The summed E-state index contributed by atoms with van der Waals surface area (Å²) in [5.41, 5.74) is 7.45. The SMILES string of the molecule is CCC1(CC)CC(=O)N(Cc2cncc(C(=O)N[C@H]3CC(C)(C)Oc4ccccc43)c2)C(N)=N1. The molecule has 1 atom stereocenters. The normalized spacial score (nSPS) is 20.7. The van der Waals surface area contributed by atoms with Crippen molar-refractivity contribution in [3.05, 3.63) is 59.4 Å². The fraction of sp³-hybridized carbons (Fsp3) is 0.462. The van der Waals surface area contributed by atoms with E-state index in [0.29, 0.717) is 24.0 Å². The van der Waals surface area contributed by atoms with E-state index in [2.05, 4.69) is 15.3 Å². The molecule has 8 heteroatoms. The number of nitrogens with zero attached hydrogens (tertiary/aromatic N) is 3. The highest BCUT2D eigenvalue weighted by Gasteiger charge is 2.37. The van der Waals surface area contributed by atoms with Gasteiger partial charge in [-0.25, -0.2) is 4.99 Å². The lowest BCUT2D eigenvalue weighted by Gasteiger charge is -2.37. The van der Waals surface area contributed by atoms with Crippen molar-refractivity contribution in [1.82, 2.24) is 15.2 Å². The number of hydrogen-bond donors (Lipinski definition) is 2. The Morgan fingerprint density at radius 3 is 2.68 bits per heavy atom. The van der Waals surface area contributed by atoms with Crippen LogP contribution < -0.4 is 15.8 Å². The Morgan fingerprint density at radius 1 is 1.24 bits per heavy atom. The molecule has 0 fully saturated rings. The average molecular weight is 464 g/mol. The fourth-order valence-corrected chi connectivity index (χ4v) is 4.73. The number of aliphatic imine (C=N–C) groups is 1. The quantitative estimate of drug-likeness (QED) is 0.678. The van der Waals surface area contributed by atoms with Crippen molar-refractivity contribution >= 4 is 17.8 Å². The summed E-state index contributed by atoms with van der Waals surface area (Å²) in [7, 11) is 0. The molecule has 0 unspecified atom stereocenters. The standard InChI is InChI=1S/C26H33N5O3/c1-5-26(6-2)13-22(32)31(24(27)30-26)16-17-11-18(15-28-14-17)23(33)29-20-12-25(3,4)34-21-10-8-7-9-19(20)21/h7-11,14-15,20H,5-6,12-13,16H2,1-4H3,(H2,27,30)(H,29,33)/t20-/m0/s1. The van der Waals surface area contributed by atoms with Gasteiger partial charge in [-0.3, -0.25) is 19.5 Å². The zero-order chi connectivity index (χ0) is 24.5. The van der Waals surface area contributed by atoms with Crippen LogP contribution >= 0.6 is 0 Å². The molecule has 8 nitrogen and oxygen atoms in total. The van der Waals surface area contributed by atoms with Crippen LogP contribution in [0.1, 0.15) is 80.9 Å². The lowest BCUT2D eigenvalue weighted by atomic mass is 9.88. The number of ether oxygens (including phenoxy) is 1. The van der Waals surface area contributed by atoms with Gasteiger partial charge in [0.05, 0.1) is 30.1 Å². The lowest BCUT2D eigenvalue weighted by Crippen LogP contribution is -2.50. The van der Waals surface area contributed by atoms with Crippen LogP contribution in [-0.4, -0.2) is 38.8 Å². The Labute approximate surface area is 200 Å². The summed E-state index contributed by atoms with van der Waals surface area (Å²) in [5.74, 6) is 0.710. The third-order valence-electron chi connectivity index (χ3n) is 6.81. The van der Waals surface area contributed by atoms with Crippen LogP contribution in [0, 0.1) is 0 Å². The van der Waals surface area contributed by atoms with Crippen LogP contribution in [0.15, 0.2) is 47.7 Å². The maximum absolute atomic E-state index is 13.1. The molecule has 0 bridgehead atoms. The van der Waals surface area contributed by atoms with Gasteiger partial charge < -0.3 is 15.8 Å². The van der Waals surface area contributed by atoms with Crippen LogP contribution in [0.5, 0.6) is 5.75 Å². The second-order valence-corrected chi connectivity index (χ2v) is 9.77. The van der Waals surface area contributed by atoms with Crippen molar-refractivity contribution in [3.63, 3.8) is 0 Å². The average Bonchev–Trinajstić information content (AvgIpc) is 2.80. The van der Waals surface area contributed by atoms with Crippen LogP contribution in [0.3, 0.4) is 0 Å². The Balaban J connectivity index is 1.51. The molecule has 3 heterocycles. The van der Waals surface area contributed by atoms with Gasteiger partial charge >= 0.3 is 0 Å². The number of para-hydroxylation sites is 1. The third kappa shape index (κ3) is 4.76. The molecular weight excluding hydrogens is 430 g/mol. The number of fused-ring (bicyclic) bond motifs is 1. The molecule has 2 aliphatic rings. The minimum absolute atomic E-state index is 0.0629. The number of pyridine rings is 1. The molecule has 0 aliphatic carbocycles. The molecule has 0 radical (unpaired) electrons. The molecule has 2 amide bonds. The second kappa shape index (κ2) is 9.08. The molecular formula is C26H33N5O3. The highest BCUT2D eigenvalue weighted by atomic mass is 16.5. The molecule has 1 aromatic carbocycles. The highest BCUT2D eigenvalue weighted by Crippen LogP contribution is 2.39. The van der Waals surface area contributed by atoms with Gasteiger partial charge in [-0.15, -0.1) is 0 Å². The Morgan fingerprint density at radius 2 is 1.97 bits per heavy atom. The minimum atomic E-state index is -0.425. The lowest BCUT2D eigenvalue weighted by molar-refractivity contribution is -0.130. The first kappa shape index (κ1) is 23.7. The van der Waals surface area contributed by atoms with E-state index in [9.17, 15) is 9.59 Å². The van der Waals surface area contributed by atoms with Crippen molar-refractivity contribution in [2.75, 3.05) is 0 Å². The number of hydrogen-bond acceptors (Lipinski definition) is 6. The zero-order valence-corrected chi connectivity index (χ0v) is 20.3. The van der Waals surface area contributed by atoms with Crippen LogP contribution in [0.25, 0.3) is 0 Å². The molecule has 3 N–H and O–H groups in total. The summed E-state index contributed by atoms with van der Waals surface area (Å²) < 4.78 is 6.07.